The number of rotatable bonds is 4. The predicted octanol–water partition coefficient (Wildman–Crippen LogP) is 3.97. The fourth-order valence-corrected chi connectivity index (χ4v) is 4.86. The van der Waals surface area contributed by atoms with Gasteiger partial charge in [-0.15, -0.1) is 11.3 Å². The van der Waals surface area contributed by atoms with E-state index in [0.717, 1.165) is 11.3 Å². The van der Waals surface area contributed by atoms with Crippen LogP contribution in [-0.4, -0.2) is 19.5 Å². The number of thiophene rings is 1. The Hall–Kier alpha value is -1.09. The van der Waals surface area contributed by atoms with Crippen LogP contribution in [0.3, 0.4) is 0 Å². The van der Waals surface area contributed by atoms with Crippen molar-refractivity contribution in [3.05, 3.63) is 43.5 Å². The topological polar surface area (TPSA) is 83.5 Å². The Labute approximate surface area is 138 Å². The average molecular weight is 411 g/mol. The van der Waals surface area contributed by atoms with Crippen molar-refractivity contribution in [2.45, 2.75) is 11.8 Å². The van der Waals surface area contributed by atoms with Crippen LogP contribution in [0.5, 0.6) is 0 Å². The molecule has 0 bridgehead atoms. The summed E-state index contributed by atoms with van der Waals surface area (Å²) < 4.78 is 27.7. The smallest absolute Gasteiger partial charge is 0.347 e. The van der Waals surface area contributed by atoms with E-state index in [4.69, 9.17) is 16.7 Å². The van der Waals surface area contributed by atoms with E-state index in [-0.39, 0.29) is 15.5 Å². The van der Waals surface area contributed by atoms with Crippen molar-refractivity contribution in [1.82, 2.24) is 0 Å². The zero-order valence-corrected chi connectivity index (χ0v) is 14.5. The van der Waals surface area contributed by atoms with Gasteiger partial charge in [0.1, 0.15) is 9.77 Å². The van der Waals surface area contributed by atoms with Crippen LogP contribution >= 0.6 is 38.9 Å². The summed E-state index contributed by atoms with van der Waals surface area (Å²) in [7, 11) is -3.99. The Bertz CT molecular complexity index is 817. The first-order valence-electron chi connectivity index (χ1n) is 5.51. The van der Waals surface area contributed by atoms with Crippen molar-refractivity contribution in [2.24, 2.45) is 0 Å². The third kappa shape index (κ3) is 3.39. The van der Waals surface area contributed by atoms with Crippen molar-refractivity contribution >= 4 is 60.5 Å². The van der Waals surface area contributed by atoms with Crippen LogP contribution in [0.1, 0.15) is 15.2 Å². The van der Waals surface area contributed by atoms with Crippen molar-refractivity contribution in [2.75, 3.05) is 4.72 Å². The molecule has 0 amide bonds. The lowest BCUT2D eigenvalue weighted by molar-refractivity contribution is 0.0698. The Morgan fingerprint density at radius 2 is 2.10 bits per heavy atom. The van der Waals surface area contributed by atoms with E-state index in [2.05, 4.69) is 20.7 Å². The summed E-state index contributed by atoms with van der Waals surface area (Å²) in [6.07, 6.45) is 0. The molecular formula is C12H9BrClNO4S2. The highest BCUT2D eigenvalue weighted by Crippen LogP contribution is 2.30. The van der Waals surface area contributed by atoms with Gasteiger partial charge in [-0.3, -0.25) is 4.72 Å². The monoisotopic (exact) mass is 409 g/mol. The highest BCUT2D eigenvalue weighted by atomic mass is 79.9. The molecule has 0 saturated carbocycles. The number of carbonyl (C=O) groups is 1. The van der Waals surface area contributed by atoms with Crippen molar-refractivity contribution < 1.29 is 18.3 Å². The van der Waals surface area contributed by atoms with Crippen LogP contribution in [0.25, 0.3) is 0 Å². The van der Waals surface area contributed by atoms with Gasteiger partial charge in [0.15, 0.2) is 0 Å². The normalized spacial score (nSPS) is 11.4. The van der Waals surface area contributed by atoms with E-state index in [1.807, 2.05) is 0 Å². The number of aromatic carboxylic acids is 1. The van der Waals surface area contributed by atoms with E-state index >= 15 is 0 Å². The number of anilines is 1. The lowest BCUT2D eigenvalue weighted by atomic mass is 10.3. The summed E-state index contributed by atoms with van der Waals surface area (Å²) in [5.74, 6) is -1.27. The van der Waals surface area contributed by atoms with Gasteiger partial charge in [0.2, 0.25) is 0 Å². The highest BCUT2D eigenvalue weighted by molar-refractivity contribution is 9.10. The first kappa shape index (κ1) is 16.3. The van der Waals surface area contributed by atoms with Crippen LogP contribution in [0, 0.1) is 6.92 Å². The summed E-state index contributed by atoms with van der Waals surface area (Å²) in [4.78, 5) is 10.7. The maximum Gasteiger partial charge on any atom is 0.347 e. The minimum atomic E-state index is -3.99. The number of hydrogen-bond acceptors (Lipinski definition) is 4. The quantitative estimate of drug-likeness (QED) is 0.799. The minimum Gasteiger partial charge on any atom is -0.477 e. The van der Waals surface area contributed by atoms with Gasteiger partial charge in [-0.2, -0.15) is 0 Å². The molecule has 0 spiro atoms. The van der Waals surface area contributed by atoms with Crippen molar-refractivity contribution in [3.8, 4) is 0 Å². The molecule has 0 aliphatic heterocycles. The SMILES string of the molecule is Cc1csc(C(=O)O)c1S(=O)(=O)Nc1ccc(Cl)c(Br)c1. The lowest BCUT2D eigenvalue weighted by Crippen LogP contribution is -2.16. The Morgan fingerprint density at radius 3 is 2.67 bits per heavy atom. The zero-order valence-electron chi connectivity index (χ0n) is 10.6. The molecule has 1 aromatic carbocycles. The second-order valence-corrected chi connectivity index (χ2v) is 7.88. The molecule has 0 atom stereocenters. The number of hydrogen-bond donors (Lipinski definition) is 2. The van der Waals surface area contributed by atoms with Crippen LogP contribution in [0.15, 0.2) is 32.9 Å². The van der Waals surface area contributed by atoms with Crippen LogP contribution < -0.4 is 4.72 Å². The molecule has 2 aromatic rings. The summed E-state index contributed by atoms with van der Waals surface area (Å²) in [5, 5.41) is 11.0. The second kappa shape index (κ2) is 5.96. The van der Waals surface area contributed by atoms with Crippen molar-refractivity contribution in [1.29, 1.82) is 0 Å². The summed E-state index contributed by atoms with van der Waals surface area (Å²) in [5.41, 5.74) is 0.672. The molecule has 0 unspecified atom stereocenters. The molecule has 2 N–H and O–H groups in total. The predicted molar refractivity (Wildman–Crippen MR) is 86.0 cm³/mol. The van der Waals surface area contributed by atoms with Crippen molar-refractivity contribution in [3.63, 3.8) is 0 Å². The van der Waals surface area contributed by atoms with E-state index in [9.17, 15) is 13.2 Å². The Kier molecular flexibility index (Phi) is 4.62. The highest BCUT2D eigenvalue weighted by Gasteiger charge is 2.27. The van der Waals surface area contributed by atoms with E-state index in [1.165, 1.54) is 23.6 Å². The molecule has 9 heteroatoms. The minimum absolute atomic E-state index is 0.215. The average Bonchev–Trinajstić information content (AvgIpc) is 2.76. The first-order chi connectivity index (χ1) is 9.72. The summed E-state index contributed by atoms with van der Waals surface area (Å²) in [6.45, 7) is 1.55. The Balaban J connectivity index is 2.45. The van der Waals surface area contributed by atoms with Crippen LogP contribution in [0.4, 0.5) is 5.69 Å². The molecule has 0 aliphatic carbocycles. The van der Waals surface area contributed by atoms with Gasteiger partial charge in [0.05, 0.1) is 10.7 Å². The van der Waals surface area contributed by atoms with Crippen LogP contribution in [-0.2, 0) is 10.0 Å². The van der Waals surface area contributed by atoms with Gasteiger partial charge >= 0.3 is 5.97 Å². The van der Waals surface area contributed by atoms with Crippen LogP contribution in [0.2, 0.25) is 5.02 Å². The summed E-state index contributed by atoms with van der Waals surface area (Å²) >= 11 is 9.92. The molecule has 5 nitrogen and oxygen atoms in total. The van der Waals surface area contributed by atoms with Gasteiger partial charge in [0.25, 0.3) is 10.0 Å². The number of benzene rings is 1. The number of aryl methyl sites for hydroxylation is 1. The van der Waals surface area contributed by atoms with Gasteiger partial charge in [-0.05, 0) is 52.0 Å². The molecule has 0 radical (unpaired) electrons. The number of carboxylic acid groups (broad SMARTS) is 1. The van der Waals surface area contributed by atoms with E-state index < -0.39 is 16.0 Å². The number of halogens is 2. The van der Waals surface area contributed by atoms with Gasteiger partial charge in [-0.25, -0.2) is 13.2 Å². The summed E-state index contributed by atoms with van der Waals surface area (Å²) in [6, 6.07) is 4.52. The molecule has 1 aromatic heterocycles. The first-order valence-corrected chi connectivity index (χ1v) is 9.05. The third-order valence-electron chi connectivity index (χ3n) is 2.55. The fraction of sp³-hybridized carbons (Fsp3) is 0.0833. The van der Waals surface area contributed by atoms with E-state index in [1.54, 1.807) is 6.92 Å². The number of sulfonamides is 1. The third-order valence-corrected chi connectivity index (χ3v) is 6.55. The van der Waals surface area contributed by atoms with Gasteiger partial charge < -0.3 is 5.11 Å². The molecule has 112 valence electrons. The maximum atomic E-state index is 12.4. The molecule has 2 rings (SSSR count). The van der Waals surface area contributed by atoms with E-state index in [0.29, 0.717) is 15.1 Å². The maximum absolute atomic E-state index is 12.4. The Morgan fingerprint density at radius 1 is 1.43 bits per heavy atom. The largest absolute Gasteiger partial charge is 0.477 e. The number of carboxylic acids is 1. The van der Waals surface area contributed by atoms with Gasteiger partial charge in [0, 0.05) is 4.47 Å². The molecule has 1 heterocycles. The molecule has 0 aliphatic rings. The molecule has 0 fully saturated rings. The molecule has 0 saturated heterocycles. The number of nitrogens with one attached hydrogen (secondary N) is 1. The lowest BCUT2D eigenvalue weighted by Gasteiger charge is -2.09. The fourth-order valence-electron chi connectivity index (χ4n) is 1.68. The molecular weight excluding hydrogens is 402 g/mol. The second-order valence-electron chi connectivity index (χ2n) is 4.12. The molecule has 21 heavy (non-hydrogen) atoms. The van der Waals surface area contributed by atoms with Gasteiger partial charge in [-0.1, -0.05) is 11.6 Å². The standard InChI is InChI=1S/C12H9BrClNO4S2/c1-6-5-20-10(12(16)17)11(6)21(18,19)15-7-2-3-9(14)8(13)4-7/h2-5,15H,1H3,(H,16,17). The zero-order chi connectivity index (χ0) is 15.8.